The Morgan fingerprint density at radius 2 is 1.57 bits per heavy atom. The number of halogens is 3. The van der Waals surface area contributed by atoms with Gasteiger partial charge < -0.3 is 5.32 Å². The number of amidine groups is 1. The smallest absolute Gasteiger partial charge is 0.311 e. The Bertz CT molecular complexity index is 774. The summed E-state index contributed by atoms with van der Waals surface area (Å²) < 4.78 is 43.4. The molecule has 8 heteroatoms. The Morgan fingerprint density at radius 1 is 0.967 bits per heavy atom. The minimum atomic E-state index is -4.67. The summed E-state index contributed by atoms with van der Waals surface area (Å²) in [5.41, 5.74) is 0.0236. The number of hydrogen-bond acceptors (Lipinski definition) is 3. The molecule has 0 aromatic heterocycles. The molecule has 1 atom stereocenters. The van der Waals surface area contributed by atoms with Gasteiger partial charge in [0.1, 0.15) is 0 Å². The van der Waals surface area contributed by atoms with Crippen molar-refractivity contribution < 1.29 is 18.0 Å². The summed E-state index contributed by atoms with van der Waals surface area (Å²) in [6, 6.07) is 6.88. The monoisotopic (exact) mass is 439 g/mol. The number of carbonyl (C=O) groups is 1. The van der Waals surface area contributed by atoms with Crippen molar-refractivity contribution in [2.75, 3.05) is 0 Å². The van der Waals surface area contributed by atoms with Crippen LogP contribution in [-0.2, 0) is 4.87 Å². The largest absolute Gasteiger partial charge is 0.425 e. The first kappa shape index (κ1) is 21.5. The Morgan fingerprint density at radius 3 is 2.17 bits per heavy atom. The van der Waals surface area contributed by atoms with Crippen molar-refractivity contribution in [1.82, 2.24) is 10.2 Å². The van der Waals surface area contributed by atoms with Gasteiger partial charge in [0.15, 0.2) is 5.17 Å². The maximum Gasteiger partial charge on any atom is 0.425 e. The fourth-order valence-electron chi connectivity index (χ4n) is 4.72. The number of urea groups is 1. The molecule has 4 rings (SSSR count). The van der Waals surface area contributed by atoms with Crippen LogP contribution in [0.15, 0.2) is 35.3 Å². The second-order valence-corrected chi connectivity index (χ2v) is 9.62. The van der Waals surface area contributed by atoms with Gasteiger partial charge in [-0.15, -0.1) is 0 Å². The number of benzene rings is 1. The van der Waals surface area contributed by atoms with Crippen LogP contribution in [0.5, 0.6) is 0 Å². The van der Waals surface area contributed by atoms with Crippen molar-refractivity contribution in [2.24, 2.45) is 4.99 Å². The van der Waals surface area contributed by atoms with E-state index in [9.17, 15) is 18.0 Å². The van der Waals surface area contributed by atoms with Gasteiger partial charge >= 0.3 is 12.2 Å². The predicted octanol–water partition coefficient (Wildman–Crippen LogP) is 6.18. The van der Waals surface area contributed by atoms with Gasteiger partial charge in [-0.05, 0) is 43.0 Å². The van der Waals surface area contributed by atoms with Crippen LogP contribution in [-0.4, -0.2) is 34.4 Å². The molecule has 0 unspecified atom stereocenters. The number of alkyl halides is 3. The Labute approximate surface area is 179 Å². The molecule has 0 radical (unpaired) electrons. The van der Waals surface area contributed by atoms with Crippen molar-refractivity contribution in [3.63, 3.8) is 0 Å². The standard InChI is InChI=1S/C22H28F3N3OS/c23-22(24,25)21(16-10-4-1-5-11-16)27-19(29)28(18-14-8-3-9-15-18)20(30-21)26-17-12-6-2-7-13-17/h1,4-5,10-11,17-18H,2-3,6-9,12-15H2,(H,27,29)/t21-/m1/s1. The minimum absolute atomic E-state index is 0.0139. The number of hydrogen-bond donors (Lipinski definition) is 1. The molecule has 164 valence electrons. The highest BCUT2D eigenvalue weighted by molar-refractivity contribution is 8.14. The van der Waals surface area contributed by atoms with E-state index in [4.69, 9.17) is 4.99 Å². The molecular weight excluding hydrogens is 411 g/mol. The highest BCUT2D eigenvalue weighted by Gasteiger charge is 2.62. The first-order valence-electron chi connectivity index (χ1n) is 10.9. The normalized spacial score (nSPS) is 28.6. The predicted molar refractivity (Wildman–Crippen MR) is 113 cm³/mol. The SMILES string of the molecule is O=C1N[C@@](c2ccccc2)(C(F)(F)F)SC(=NC2CCCCC2)N1C1CCCCC1. The number of carbonyl (C=O) groups excluding carboxylic acids is 1. The van der Waals surface area contributed by atoms with Crippen molar-refractivity contribution in [1.29, 1.82) is 0 Å². The molecule has 30 heavy (non-hydrogen) atoms. The van der Waals surface area contributed by atoms with E-state index in [1.807, 2.05) is 0 Å². The van der Waals surface area contributed by atoms with Crippen molar-refractivity contribution in [2.45, 2.75) is 87.3 Å². The van der Waals surface area contributed by atoms with Gasteiger partial charge in [-0.3, -0.25) is 9.89 Å². The molecule has 1 aliphatic heterocycles. The van der Waals surface area contributed by atoms with E-state index in [2.05, 4.69) is 5.32 Å². The average Bonchev–Trinajstić information content (AvgIpc) is 2.74. The fourth-order valence-corrected chi connectivity index (χ4v) is 6.04. The lowest BCUT2D eigenvalue weighted by molar-refractivity contribution is -0.168. The van der Waals surface area contributed by atoms with E-state index < -0.39 is 17.1 Å². The number of aliphatic imine (C=N–C) groups is 1. The lowest BCUT2D eigenvalue weighted by Gasteiger charge is -2.46. The zero-order valence-corrected chi connectivity index (χ0v) is 17.8. The van der Waals surface area contributed by atoms with Gasteiger partial charge in [0.05, 0.1) is 6.04 Å². The van der Waals surface area contributed by atoms with E-state index in [1.165, 1.54) is 17.0 Å². The molecule has 0 spiro atoms. The fraction of sp³-hybridized carbons (Fsp3) is 0.636. The average molecular weight is 440 g/mol. The summed E-state index contributed by atoms with van der Waals surface area (Å²) in [5.74, 6) is 0. The van der Waals surface area contributed by atoms with Gasteiger partial charge in [-0.25, -0.2) is 4.79 Å². The molecule has 1 aromatic rings. The van der Waals surface area contributed by atoms with Gasteiger partial charge in [0, 0.05) is 6.04 Å². The third kappa shape index (κ3) is 4.20. The summed E-state index contributed by atoms with van der Waals surface area (Å²) in [5, 5.41) is 2.58. The topological polar surface area (TPSA) is 44.7 Å². The van der Waals surface area contributed by atoms with Crippen LogP contribution in [0, 0.1) is 0 Å². The number of nitrogens with zero attached hydrogens (tertiary/aromatic N) is 2. The van der Waals surface area contributed by atoms with Gasteiger partial charge in [0.2, 0.25) is 4.87 Å². The molecule has 3 fully saturated rings. The van der Waals surface area contributed by atoms with E-state index >= 15 is 0 Å². The van der Waals surface area contributed by atoms with Crippen LogP contribution in [0.25, 0.3) is 0 Å². The molecule has 1 aromatic carbocycles. The summed E-state index contributed by atoms with van der Waals surface area (Å²) in [6.07, 6.45) is 4.96. The second-order valence-electron chi connectivity index (χ2n) is 8.44. The molecule has 1 N–H and O–H groups in total. The summed E-state index contributed by atoms with van der Waals surface area (Å²) >= 11 is 0.657. The van der Waals surface area contributed by atoms with E-state index in [1.54, 1.807) is 18.2 Å². The number of rotatable bonds is 3. The number of amides is 2. The van der Waals surface area contributed by atoms with Crippen LogP contribution in [0.4, 0.5) is 18.0 Å². The minimum Gasteiger partial charge on any atom is -0.311 e. The zero-order chi connectivity index (χ0) is 21.2. The van der Waals surface area contributed by atoms with Crippen LogP contribution in [0.1, 0.15) is 69.8 Å². The van der Waals surface area contributed by atoms with Crippen LogP contribution in [0.3, 0.4) is 0 Å². The van der Waals surface area contributed by atoms with Crippen LogP contribution in [0.2, 0.25) is 0 Å². The summed E-state index contributed by atoms with van der Waals surface area (Å²) in [7, 11) is 0. The highest BCUT2D eigenvalue weighted by Crippen LogP contribution is 2.51. The van der Waals surface area contributed by atoms with Crippen molar-refractivity contribution in [3.8, 4) is 0 Å². The second kappa shape index (κ2) is 8.81. The highest BCUT2D eigenvalue weighted by atomic mass is 32.2. The Hall–Kier alpha value is -1.70. The lowest BCUT2D eigenvalue weighted by atomic mass is 9.94. The molecule has 2 aliphatic carbocycles. The Kier molecular flexibility index (Phi) is 6.32. The van der Waals surface area contributed by atoms with E-state index in [-0.39, 0.29) is 22.8 Å². The zero-order valence-electron chi connectivity index (χ0n) is 17.0. The quantitative estimate of drug-likeness (QED) is 0.611. The van der Waals surface area contributed by atoms with Crippen molar-refractivity contribution >= 4 is 23.0 Å². The van der Waals surface area contributed by atoms with Crippen LogP contribution < -0.4 is 5.32 Å². The molecular formula is C22H28F3N3OS. The van der Waals surface area contributed by atoms with Gasteiger partial charge in [0.25, 0.3) is 0 Å². The van der Waals surface area contributed by atoms with Crippen LogP contribution >= 0.6 is 11.8 Å². The maximum absolute atomic E-state index is 14.5. The molecule has 3 aliphatic rings. The third-order valence-electron chi connectivity index (χ3n) is 6.34. The number of thioether (sulfide) groups is 1. The first-order chi connectivity index (χ1) is 14.4. The molecule has 4 nitrogen and oxygen atoms in total. The van der Waals surface area contributed by atoms with Gasteiger partial charge in [-0.1, -0.05) is 68.9 Å². The van der Waals surface area contributed by atoms with Gasteiger partial charge in [-0.2, -0.15) is 13.2 Å². The molecule has 0 bridgehead atoms. The third-order valence-corrected chi connectivity index (χ3v) is 7.70. The lowest BCUT2D eigenvalue weighted by Crippen LogP contribution is -2.65. The molecule has 2 saturated carbocycles. The molecule has 1 saturated heterocycles. The first-order valence-corrected chi connectivity index (χ1v) is 11.7. The van der Waals surface area contributed by atoms with E-state index in [0.29, 0.717) is 11.8 Å². The molecule has 2 amide bonds. The Balaban J connectivity index is 1.75. The van der Waals surface area contributed by atoms with Crippen molar-refractivity contribution in [3.05, 3.63) is 35.9 Å². The number of nitrogens with one attached hydrogen (secondary N) is 1. The summed E-state index contributed by atoms with van der Waals surface area (Å²) in [4.78, 5) is 17.0. The van der Waals surface area contributed by atoms with E-state index in [0.717, 1.165) is 64.2 Å². The maximum atomic E-state index is 14.5. The molecule has 1 heterocycles. The summed E-state index contributed by atoms with van der Waals surface area (Å²) in [6.45, 7) is 0.